The van der Waals surface area contributed by atoms with Crippen molar-refractivity contribution < 1.29 is 22.4 Å². The van der Waals surface area contributed by atoms with Crippen LogP contribution in [0.4, 0.5) is 0 Å². The van der Waals surface area contributed by atoms with Gasteiger partial charge in [-0.15, -0.1) is 0 Å². The Balaban J connectivity index is 2.37. The maximum Gasteiger partial charge on any atom is 0.246 e. The number of nitrogens with zero attached hydrogens (tertiary/aromatic N) is 1. The second kappa shape index (κ2) is 6.59. The van der Waals surface area contributed by atoms with Gasteiger partial charge in [0.25, 0.3) is 0 Å². The Bertz CT molecular complexity index is 779. The highest BCUT2D eigenvalue weighted by atomic mass is 32.2. The molecule has 0 aliphatic rings. The summed E-state index contributed by atoms with van der Waals surface area (Å²) in [6, 6.07) is 4.69. The second-order valence-electron chi connectivity index (χ2n) is 5.10. The van der Waals surface area contributed by atoms with E-state index in [0.29, 0.717) is 22.8 Å². The lowest BCUT2D eigenvalue weighted by molar-refractivity contribution is 0.390. The first-order chi connectivity index (χ1) is 10.8. The molecule has 0 radical (unpaired) electrons. The molecule has 0 aliphatic heterocycles. The van der Waals surface area contributed by atoms with E-state index >= 15 is 0 Å². The van der Waals surface area contributed by atoms with E-state index in [1.807, 2.05) is 0 Å². The van der Waals surface area contributed by atoms with Gasteiger partial charge in [-0.3, -0.25) is 0 Å². The van der Waals surface area contributed by atoms with Crippen molar-refractivity contribution in [3.05, 3.63) is 35.2 Å². The number of benzene rings is 1. The van der Waals surface area contributed by atoms with Gasteiger partial charge in [-0.05, 0) is 39.0 Å². The molecular weight excluding hydrogens is 320 g/mol. The van der Waals surface area contributed by atoms with Crippen LogP contribution in [0.25, 0.3) is 0 Å². The number of aryl methyl sites for hydroxylation is 2. The van der Waals surface area contributed by atoms with Gasteiger partial charge in [-0.1, -0.05) is 5.16 Å². The van der Waals surface area contributed by atoms with Crippen molar-refractivity contribution in [1.29, 1.82) is 0 Å². The summed E-state index contributed by atoms with van der Waals surface area (Å²) in [5.41, 5.74) is 0.988. The molecule has 1 heterocycles. The van der Waals surface area contributed by atoms with Gasteiger partial charge >= 0.3 is 0 Å². The van der Waals surface area contributed by atoms with Crippen LogP contribution in [0.15, 0.2) is 27.6 Å². The van der Waals surface area contributed by atoms with Gasteiger partial charge in [0.1, 0.15) is 22.1 Å². The molecule has 0 spiro atoms. The first kappa shape index (κ1) is 17.3. The number of ether oxygens (including phenoxy) is 2. The summed E-state index contributed by atoms with van der Waals surface area (Å²) in [5, 5.41) is 3.68. The molecule has 1 aromatic carbocycles. The topological polar surface area (TPSA) is 90.7 Å². The van der Waals surface area contributed by atoms with E-state index < -0.39 is 16.1 Å². The molecule has 0 fully saturated rings. The largest absolute Gasteiger partial charge is 0.497 e. The minimum absolute atomic E-state index is 0.0613. The number of aromatic nitrogens is 1. The van der Waals surface area contributed by atoms with E-state index in [1.165, 1.54) is 7.11 Å². The molecule has 23 heavy (non-hydrogen) atoms. The summed E-state index contributed by atoms with van der Waals surface area (Å²) in [4.78, 5) is 0.0613. The van der Waals surface area contributed by atoms with Crippen molar-refractivity contribution in [3.8, 4) is 11.5 Å². The lowest BCUT2D eigenvalue weighted by Crippen LogP contribution is -2.28. The highest BCUT2D eigenvalue weighted by molar-refractivity contribution is 7.89. The van der Waals surface area contributed by atoms with Crippen LogP contribution in [0.1, 0.15) is 30.0 Å². The molecule has 0 saturated heterocycles. The number of nitrogens with one attached hydrogen (secondary N) is 1. The summed E-state index contributed by atoms with van der Waals surface area (Å²) in [6.45, 7) is 4.88. The summed E-state index contributed by atoms with van der Waals surface area (Å²) in [6.07, 6.45) is 0. The van der Waals surface area contributed by atoms with Crippen molar-refractivity contribution in [1.82, 2.24) is 9.88 Å². The molecule has 1 atom stereocenters. The molecule has 0 unspecified atom stereocenters. The van der Waals surface area contributed by atoms with Gasteiger partial charge < -0.3 is 14.0 Å². The number of hydrogen-bond donors (Lipinski definition) is 1. The predicted octanol–water partition coefficient (Wildman–Crippen LogP) is 2.35. The van der Waals surface area contributed by atoms with Crippen molar-refractivity contribution in [2.24, 2.45) is 0 Å². The van der Waals surface area contributed by atoms with Crippen LogP contribution in [0.3, 0.4) is 0 Å². The van der Waals surface area contributed by atoms with Crippen LogP contribution in [-0.4, -0.2) is 27.8 Å². The number of sulfonamides is 1. The number of rotatable bonds is 6. The Morgan fingerprint density at radius 3 is 2.43 bits per heavy atom. The first-order valence-corrected chi connectivity index (χ1v) is 8.45. The number of methoxy groups -OCH3 is 2. The minimum atomic E-state index is -3.77. The molecule has 1 N–H and O–H groups in total. The van der Waals surface area contributed by atoms with Crippen molar-refractivity contribution in [2.45, 2.75) is 31.7 Å². The maximum atomic E-state index is 12.6. The van der Waals surface area contributed by atoms with Crippen molar-refractivity contribution >= 4 is 10.0 Å². The average molecular weight is 340 g/mol. The maximum absolute atomic E-state index is 12.6. The smallest absolute Gasteiger partial charge is 0.246 e. The fraction of sp³-hybridized carbons (Fsp3) is 0.400. The molecule has 0 amide bonds. The molecule has 0 saturated carbocycles. The lowest BCUT2D eigenvalue weighted by Gasteiger charge is -2.18. The van der Waals surface area contributed by atoms with Gasteiger partial charge in [0.15, 0.2) is 5.76 Å². The van der Waals surface area contributed by atoms with Crippen LogP contribution < -0.4 is 14.2 Å². The van der Waals surface area contributed by atoms with Crippen LogP contribution >= 0.6 is 0 Å². The van der Waals surface area contributed by atoms with E-state index in [4.69, 9.17) is 14.0 Å². The third kappa shape index (κ3) is 3.48. The molecule has 7 nitrogen and oxygen atoms in total. The highest BCUT2D eigenvalue weighted by Crippen LogP contribution is 2.30. The summed E-state index contributed by atoms with van der Waals surface area (Å²) < 4.78 is 43.2. The standard InChI is InChI=1S/C15H20N2O5S/c1-9(13-8-12(20-4)6-7-14(13)21-5)17-23(18,19)15-10(2)16-22-11(15)3/h6-9,17H,1-5H3/t9-/m1/s1. The Morgan fingerprint density at radius 1 is 1.22 bits per heavy atom. The fourth-order valence-electron chi connectivity index (χ4n) is 2.39. The predicted molar refractivity (Wildman–Crippen MR) is 84.3 cm³/mol. The molecule has 0 aliphatic carbocycles. The second-order valence-corrected chi connectivity index (χ2v) is 6.75. The Morgan fingerprint density at radius 2 is 1.91 bits per heavy atom. The molecule has 2 rings (SSSR count). The van der Waals surface area contributed by atoms with Crippen LogP contribution in [0.2, 0.25) is 0 Å². The monoisotopic (exact) mass is 340 g/mol. The third-order valence-corrected chi connectivity index (χ3v) is 5.26. The van der Waals surface area contributed by atoms with Crippen LogP contribution in [0, 0.1) is 13.8 Å². The van der Waals surface area contributed by atoms with E-state index in [9.17, 15) is 8.42 Å². The first-order valence-electron chi connectivity index (χ1n) is 6.97. The molecular formula is C15H20N2O5S. The Kier molecular flexibility index (Phi) is 4.96. The van der Waals surface area contributed by atoms with E-state index in [0.717, 1.165) is 0 Å². The van der Waals surface area contributed by atoms with E-state index in [-0.39, 0.29) is 10.7 Å². The molecule has 126 valence electrons. The summed E-state index contributed by atoms with van der Waals surface area (Å²) >= 11 is 0. The summed E-state index contributed by atoms with van der Waals surface area (Å²) in [5.74, 6) is 1.43. The zero-order valence-electron chi connectivity index (χ0n) is 13.7. The van der Waals surface area contributed by atoms with Gasteiger partial charge in [-0.25, -0.2) is 13.1 Å². The quantitative estimate of drug-likeness (QED) is 0.868. The molecule has 8 heteroatoms. The van der Waals surface area contributed by atoms with Crippen molar-refractivity contribution in [2.75, 3.05) is 14.2 Å². The molecule has 2 aromatic rings. The average Bonchev–Trinajstić information content (AvgIpc) is 2.85. The minimum Gasteiger partial charge on any atom is -0.497 e. The normalized spacial score (nSPS) is 12.9. The van der Waals surface area contributed by atoms with Gasteiger partial charge in [-0.2, -0.15) is 0 Å². The zero-order valence-corrected chi connectivity index (χ0v) is 14.5. The fourth-order valence-corrected chi connectivity index (χ4v) is 3.94. The Hall–Kier alpha value is -2.06. The summed E-state index contributed by atoms with van der Waals surface area (Å²) in [7, 11) is -0.698. The molecule has 0 bridgehead atoms. The molecule has 1 aromatic heterocycles. The van der Waals surface area contributed by atoms with Gasteiger partial charge in [0.05, 0.1) is 14.2 Å². The van der Waals surface area contributed by atoms with E-state index in [1.54, 1.807) is 46.1 Å². The van der Waals surface area contributed by atoms with Crippen LogP contribution in [0.5, 0.6) is 11.5 Å². The number of hydrogen-bond acceptors (Lipinski definition) is 6. The SMILES string of the molecule is COc1ccc(OC)c([C@@H](C)NS(=O)(=O)c2c(C)noc2C)c1. The van der Waals surface area contributed by atoms with Crippen molar-refractivity contribution in [3.63, 3.8) is 0 Å². The lowest BCUT2D eigenvalue weighted by atomic mass is 10.1. The highest BCUT2D eigenvalue weighted by Gasteiger charge is 2.27. The van der Waals surface area contributed by atoms with Gasteiger partial charge in [0, 0.05) is 11.6 Å². The van der Waals surface area contributed by atoms with Gasteiger partial charge in [0.2, 0.25) is 10.0 Å². The third-order valence-electron chi connectivity index (χ3n) is 3.47. The zero-order chi connectivity index (χ0) is 17.2. The Labute approximate surface area is 135 Å². The van der Waals surface area contributed by atoms with Crippen LogP contribution in [-0.2, 0) is 10.0 Å². The van der Waals surface area contributed by atoms with E-state index in [2.05, 4.69) is 9.88 Å².